The molecular weight excluding hydrogens is 572 g/mol. The number of para-hydroxylation sites is 1. The van der Waals surface area contributed by atoms with E-state index in [0.717, 1.165) is 45.2 Å². The van der Waals surface area contributed by atoms with Crippen molar-refractivity contribution in [3.63, 3.8) is 0 Å². The highest BCUT2D eigenvalue weighted by Gasteiger charge is 2.71. The first-order valence-corrected chi connectivity index (χ1v) is 15.6. The molecule has 45 heavy (non-hydrogen) atoms. The first kappa shape index (κ1) is 30.8. The van der Waals surface area contributed by atoms with Crippen LogP contribution in [0.3, 0.4) is 0 Å². The number of carboxylic acids is 1. The van der Waals surface area contributed by atoms with Crippen molar-refractivity contribution in [1.29, 1.82) is 0 Å². The molecule has 0 spiro atoms. The van der Waals surface area contributed by atoms with Gasteiger partial charge in [-0.25, -0.2) is 9.78 Å². The molecule has 0 radical (unpaired) electrons. The van der Waals surface area contributed by atoms with Gasteiger partial charge in [-0.1, -0.05) is 18.2 Å². The highest BCUT2D eigenvalue weighted by molar-refractivity contribution is 5.82. The lowest BCUT2D eigenvalue weighted by atomic mass is 9.97. The molecule has 6 rings (SSSR count). The van der Waals surface area contributed by atoms with Crippen LogP contribution >= 0.6 is 0 Å². The summed E-state index contributed by atoms with van der Waals surface area (Å²) in [5.41, 5.74) is 4.39. The fourth-order valence-corrected chi connectivity index (χ4v) is 6.84. The van der Waals surface area contributed by atoms with Gasteiger partial charge in [0, 0.05) is 56.2 Å². The molecule has 1 saturated carbocycles. The van der Waals surface area contributed by atoms with E-state index in [9.17, 15) is 14.7 Å². The van der Waals surface area contributed by atoms with Crippen LogP contribution in [0.15, 0.2) is 48.7 Å². The zero-order valence-electron chi connectivity index (χ0n) is 26.7. The minimum atomic E-state index is -0.763. The third-order valence-electron chi connectivity index (χ3n) is 9.20. The molecule has 10 nitrogen and oxygen atoms in total. The van der Waals surface area contributed by atoms with Crippen LogP contribution < -0.4 is 9.64 Å². The van der Waals surface area contributed by atoms with Gasteiger partial charge in [0.15, 0.2) is 0 Å². The number of ether oxygens (including phenoxy) is 3. The molecule has 2 fully saturated rings. The number of methoxy groups -OCH3 is 1. The lowest BCUT2D eigenvalue weighted by molar-refractivity contribution is -0.144. The summed E-state index contributed by atoms with van der Waals surface area (Å²) in [5.74, 6) is 0.835. The molecule has 0 bridgehead atoms. The van der Waals surface area contributed by atoms with Crippen molar-refractivity contribution in [1.82, 2.24) is 14.9 Å². The average Bonchev–Trinajstić information content (AvgIpc) is 3.70. The van der Waals surface area contributed by atoms with E-state index < -0.39 is 17.0 Å². The second-order valence-corrected chi connectivity index (χ2v) is 13.4. The van der Waals surface area contributed by atoms with Crippen LogP contribution in [0.4, 0.5) is 10.6 Å². The first-order valence-electron chi connectivity index (χ1n) is 15.6. The summed E-state index contributed by atoms with van der Waals surface area (Å²) in [5, 5.41) is 10.0. The second kappa shape index (κ2) is 12.0. The quantitative estimate of drug-likeness (QED) is 0.361. The maximum absolute atomic E-state index is 12.6. The van der Waals surface area contributed by atoms with Gasteiger partial charge in [0.2, 0.25) is 0 Å². The van der Waals surface area contributed by atoms with Crippen molar-refractivity contribution in [2.24, 2.45) is 11.3 Å². The molecule has 1 aliphatic carbocycles. The van der Waals surface area contributed by atoms with E-state index in [1.54, 1.807) is 12.0 Å². The number of hydrogen-bond acceptors (Lipinski definition) is 8. The summed E-state index contributed by atoms with van der Waals surface area (Å²) < 4.78 is 17.5. The number of aliphatic carboxylic acids is 1. The number of piperidine rings is 1. The van der Waals surface area contributed by atoms with Crippen molar-refractivity contribution in [3.8, 4) is 17.0 Å². The zero-order valence-corrected chi connectivity index (χ0v) is 26.7. The maximum atomic E-state index is 12.6. The number of carbonyl (C=O) groups is 2. The molecule has 3 atom stereocenters. The third kappa shape index (κ3) is 6.08. The monoisotopic (exact) mass is 614 g/mol. The number of anilines is 1. The van der Waals surface area contributed by atoms with E-state index >= 15 is 0 Å². The molecule has 3 aromatic rings. The van der Waals surface area contributed by atoms with Gasteiger partial charge in [-0.3, -0.25) is 9.78 Å². The van der Waals surface area contributed by atoms with Crippen LogP contribution in [0.25, 0.3) is 11.3 Å². The van der Waals surface area contributed by atoms with Gasteiger partial charge >= 0.3 is 12.1 Å². The summed E-state index contributed by atoms with van der Waals surface area (Å²) in [7, 11) is 1.61. The molecule has 1 amide bonds. The summed E-state index contributed by atoms with van der Waals surface area (Å²) in [6, 6.07) is 13.7. The standard InChI is InChI=1S/C35H42N4O6/c1-22-8-6-9-26(28-10-7-11-30(37-28)39-19-25-17-35(25,32(40)41)29(39)21-43-5)31(22)44-20-23-16-24-12-14-38(15-13-27(24)36-18-23)33(42)45-34(2,3)4/h6-11,16,18,25,29H,12-15,17,19-21H2,1-5H3,(H,40,41)/t25?,29-,35-/m1/s1. The van der Waals surface area contributed by atoms with Crippen LogP contribution in [0, 0.1) is 18.3 Å². The number of nitrogens with zero attached hydrogens (tertiary/aromatic N) is 4. The molecular formula is C35H42N4O6. The number of carbonyl (C=O) groups excluding carboxylic acids is 1. The fraction of sp³-hybridized carbons (Fsp3) is 0.486. The number of amides is 1. The number of hydrogen-bond donors (Lipinski definition) is 1. The number of benzene rings is 1. The Morgan fingerprint density at radius 3 is 2.64 bits per heavy atom. The van der Waals surface area contributed by atoms with E-state index in [4.69, 9.17) is 24.2 Å². The van der Waals surface area contributed by atoms with Gasteiger partial charge in [0.1, 0.15) is 23.8 Å². The third-order valence-corrected chi connectivity index (χ3v) is 9.20. The fourth-order valence-electron chi connectivity index (χ4n) is 6.84. The number of aryl methyl sites for hydroxylation is 1. The van der Waals surface area contributed by atoms with Crippen LogP contribution in [-0.4, -0.2) is 77.0 Å². The van der Waals surface area contributed by atoms with Crippen molar-refractivity contribution in [2.75, 3.05) is 38.3 Å². The molecule has 2 aromatic heterocycles. The Hall–Kier alpha value is -4.18. The Labute approximate surface area is 264 Å². The molecule has 3 aliphatic rings. The molecule has 2 aliphatic heterocycles. The van der Waals surface area contributed by atoms with E-state index in [1.807, 2.05) is 70.3 Å². The Morgan fingerprint density at radius 2 is 1.89 bits per heavy atom. The molecule has 238 valence electrons. The lowest BCUT2D eigenvalue weighted by Crippen LogP contribution is -2.43. The Kier molecular flexibility index (Phi) is 8.20. The van der Waals surface area contributed by atoms with Crippen molar-refractivity contribution in [2.45, 2.75) is 65.2 Å². The highest BCUT2D eigenvalue weighted by Crippen LogP contribution is 2.62. The van der Waals surface area contributed by atoms with Crippen LogP contribution in [-0.2, 0) is 33.7 Å². The number of aromatic nitrogens is 2. The highest BCUT2D eigenvalue weighted by atomic mass is 16.6. The molecule has 1 N–H and O–H groups in total. The number of rotatable bonds is 8. The second-order valence-electron chi connectivity index (χ2n) is 13.4. The first-order chi connectivity index (χ1) is 21.5. The van der Waals surface area contributed by atoms with E-state index in [1.165, 1.54) is 0 Å². The summed E-state index contributed by atoms with van der Waals surface area (Å²) in [4.78, 5) is 38.5. The van der Waals surface area contributed by atoms with Gasteiger partial charge in [0.05, 0.1) is 23.8 Å². The van der Waals surface area contributed by atoms with Crippen LogP contribution in [0.1, 0.15) is 49.6 Å². The van der Waals surface area contributed by atoms with Gasteiger partial charge in [-0.15, -0.1) is 0 Å². The number of pyridine rings is 2. The van der Waals surface area contributed by atoms with E-state index in [2.05, 4.69) is 11.0 Å². The van der Waals surface area contributed by atoms with Crippen LogP contribution in [0.2, 0.25) is 0 Å². The SMILES string of the molecule is COC[C@H]1N(c2cccc(-c3cccc(C)c3OCc3cnc4c(c3)CCN(C(=O)OC(C)(C)C)CC4)n2)CC2C[C@@]21C(=O)O. The average molecular weight is 615 g/mol. The zero-order chi connectivity index (χ0) is 31.9. The largest absolute Gasteiger partial charge is 0.488 e. The minimum Gasteiger partial charge on any atom is -0.488 e. The topological polar surface area (TPSA) is 114 Å². The summed E-state index contributed by atoms with van der Waals surface area (Å²) in [6.07, 6.45) is 3.62. The van der Waals surface area contributed by atoms with Crippen molar-refractivity contribution < 1.29 is 28.9 Å². The Morgan fingerprint density at radius 1 is 1.11 bits per heavy atom. The van der Waals surface area contributed by atoms with Gasteiger partial charge in [-0.05, 0) is 81.8 Å². The molecule has 4 heterocycles. The molecule has 10 heteroatoms. The van der Waals surface area contributed by atoms with E-state index in [0.29, 0.717) is 52.1 Å². The predicted molar refractivity (Wildman–Crippen MR) is 169 cm³/mol. The maximum Gasteiger partial charge on any atom is 0.410 e. The molecule has 1 aromatic carbocycles. The Bertz CT molecular complexity index is 1600. The minimum absolute atomic E-state index is 0.105. The summed E-state index contributed by atoms with van der Waals surface area (Å²) in [6.45, 7) is 10.1. The van der Waals surface area contributed by atoms with E-state index in [-0.39, 0.29) is 18.1 Å². The van der Waals surface area contributed by atoms with Gasteiger partial charge in [-0.2, -0.15) is 0 Å². The smallest absolute Gasteiger partial charge is 0.410 e. The van der Waals surface area contributed by atoms with Gasteiger partial charge in [0.25, 0.3) is 0 Å². The van der Waals surface area contributed by atoms with Crippen molar-refractivity contribution in [3.05, 3.63) is 71.0 Å². The molecule has 1 saturated heterocycles. The van der Waals surface area contributed by atoms with Gasteiger partial charge < -0.3 is 29.1 Å². The molecule has 1 unspecified atom stereocenters. The summed E-state index contributed by atoms with van der Waals surface area (Å²) >= 11 is 0. The number of carboxylic acid groups (broad SMARTS) is 1. The van der Waals surface area contributed by atoms with Crippen LogP contribution in [0.5, 0.6) is 5.75 Å². The Balaban J connectivity index is 1.19. The lowest BCUT2D eigenvalue weighted by Gasteiger charge is -2.31. The number of fused-ring (bicyclic) bond motifs is 2. The predicted octanol–water partition coefficient (Wildman–Crippen LogP) is 5.29. The normalized spacial score (nSPS) is 22.3. The van der Waals surface area contributed by atoms with Crippen molar-refractivity contribution >= 4 is 17.9 Å².